The van der Waals surface area contributed by atoms with E-state index in [4.69, 9.17) is 26.2 Å². The molecule has 8 heteroatoms. The molecule has 1 atom stereocenters. The van der Waals surface area contributed by atoms with E-state index in [0.29, 0.717) is 17.7 Å². The van der Waals surface area contributed by atoms with Crippen LogP contribution in [0.1, 0.15) is 12.5 Å². The standard InChI is InChI=1S/C17H15ClF3NO3/c1-11(3-2-8-23)24-13-4-6-14(7-5-13)25-16-15(18)9-12(10-22-16)17(19,20)21/h2-7,9-11,23H,8H2,1H3. The molecule has 1 aromatic carbocycles. The van der Waals surface area contributed by atoms with Crippen LogP contribution in [0.25, 0.3) is 0 Å². The lowest BCUT2D eigenvalue weighted by molar-refractivity contribution is -0.137. The van der Waals surface area contributed by atoms with Gasteiger partial charge >= 0.3 is 6.18 Å². The molecule has 2 rings (SSSR count). The van der Waals surface area contributed by atoms with Crippen LogP contribution in [0.5, 0.6) is 17.4 Å². The summed E-state index contributed by atoms with van der Waals surface area (Å²) in [7, 11) is 0. The average molecular weight is 374 g/mol. The van der Waals surface area contributed by atoms with Crippen LogP contribution in [-0.2, 0) is 6.18 Å². The van der Waals surface area contributed by atoms with Gasteiger partial charge in [-0.15, -0.1) is 0 Å². The van der Waals surface area contributed by atoms with Crippen LogP contribution in [0.15, 0.2) is 48.7 Å². The zero-order chi connectivity index (χ0) is 18.4. The average Bonchev–Trinajstić information content (AvgIpc) is 2.55. The Hall–Kier alpha value is -2.25. The molecule has 1 aromatic heterocycles. The highest BCUT2D eigenvalue weighted by Gasteiger charge is 2.31. The van der Waals surface area contributed by atoms with Crippen molar-refractivity contribution in [2.75, 3.05) is 6.61 Å². The van der Waals surface area contributed by atoms with Crippen molar-refractivity contribution in [1.82, 2.24) is 4.98 Å². The first-order chi connectivity index (χ1) is 11.8. The van der Waals surface area contributed by atoms with Crippen molar-refractivity contribution in [3.05, 3.63) is 59.3 Å². The number of rotatable bonds is 6. The number of ether oxygens (including phenoxy) is 2. The SMILES string of the molecule is CC(C=CCO)Oc1ccc(Oc2ncc(C(F)(F)F)cc2Cl)cc1. The van der Waals surface area contributed by atoms with Crippen molar-refractivity contribution in [3.8, 4) is 17.4 Å². The van der Waals surface area contributed by atoms with Crippen molar-refractivity contribution in [2.24, 2.45) is 0 Å². The van der Waals surface area contributed by atoms with Gasteiger partial charge in [-0.05, 0) is 43.3 Å². The molecule has 0 radical (unpaired) electrons. The maximum absolute atomic E-state index is 12.6. The molecular weight excluding hydrogens is 359 g/mol. The number of hydrogen-bond acceptors (Lipinski definition) is 4. The van der Waals surface area contributed by atoms with Crippen molar-refractivity contribution in [1.29, 1.82) is 0 Å². The fraction of sp³-hybridized carbons (Fsp3) is 0.235. The fourth-order valence-electron chi connectivity index (χ4n) is 1.86. The summed E-state index contributed by atoms with van der Waals surface area (Å²) >= 11 is 5.79. The molecule has 25 heavy (non-hydrogen) atoms. The summed E-state index contributed by atoms with van der Waals surface area (Å²) in [6.45, 7) is 1.74. The number of aromatic nitrogens is 1. The van der Waals surface area contributed by atoms with E-state index in [2.05, 4.69) is 4.98 Å². The number of pyridine rings is 1. The maximum atomic E-state index is 12.6. The van der Waals surface area contributed by atoms with E-state index in [9.17, 15) is 13.2 Å². The molecule has 0 aliphatic carbocycles. The molecule has 1 heterocycles. The summed E-state index contributed by atoms with van der Waals surface area (Å²) in [6, 6.07) is 7.19. The Morgan fingerprint density at radius 2 is 1.88 bits per heavy atom. The molecule has 0 fully saturated rings. The molecule has 0 aliphatic heterocycles. The normalized spacial score (nSPS) is 13.0. The van der Waals surface area contributed by atoms with Gasteiger partial charge in [-0.1, -0.05) is 17.7 Å². The monoisotopic (exact) mass is 373 g/mol. The largest absolute Gasteiger partial charge is 0.487 e. The lowest BCUT2D eigenvalue weighted by Gasteiger charge is -2.12. The van der Waals surface area contributed by atoms with Gasteiger partial charge in [-0.2, -0.15) is 13.2 Å². The summed E-state index contributed by atoms with van der Waals surface area (Å²) < 4.78 is 48.7. The van der Waals surface area contributed by atoms with Crippen LogP contribution < -0.4 is 9.47 Å². The van der Waals surface area contributed by atoms with Crippen LogP contribution in [0, 0.1) is 0 Å². The lowest BCUT2D eigenvalue weighted by atomic mass is 10.3. The zero-order valence-electron chi connectivity index (χ0n) is 13.1. The van der Waals surface area contributed by atoms with E-state index < -0.39 is 11.7 Å². The van der Waals surface area contributed by atoms with Crippen LogP contribution >= 0.6 is 11.6 Å². The number of benzene rings is 1. The van der Waals surface area contributed by atoms with Gasteiger partial charge in [-0.3, -0.25) is 0 Å². The Morgan fingerprint density at radius 3 is 2.44 bits per heavy atom. The highest BCUT2D eigenvalue weighted by Crippen LogP contribution is 2.34. The minimum absolute atomic E-state index is 0.0681. The second-order valence-electron chi connectivity index (χ2n) is 5.02. The van der Waals surface area contributed by atoms with Crippen LogP contribution in [0.3, 0.4) is 0 Å². The Kier molecular flexibility index (Phi) is 6.27. The van der Waals surface area contributed by atoms with Crippen molar-refractivity contribution in [3.63, 3.8) is 0 Å². The van der Waals surface area contributed by atoms with E-state index in [0.717, 1.165) is 6.07 Å². The van der Waals surface area contributed by atoms with E-state index >= 15 is 0 Å². The molecule has 134 valence electrons. The molecule has 0 amide bonds. The van der Waals surface area contributed by atoms with Crippen LogP contribution in [0.4, 0.5) is 13.2 Å². The molecule has 2 aromatic rings. The molecule has 4 nitrogen and oxygen atoms in total. The minimum atomic E-state index is -4.52. The molecule has 1 unspecified atom stereocenters. The highest BCUT2D eigenvalue weighted by atomic mass is 35.5. The summed E-state index contributed by atoms with van der Waals surface area (Å²) in [6.07, 6.45) is -0.815. The number of hydrogen-bond donors (Lipinski definition) is 1. The first-order valence-electron chi connectivity index (χ1n) is 7.24. The predicted molar refractivity (Wildman–Crippen MR) is 87.1 cm³/mol. The van der Waals surface area contributed by atoms with Crippen LogP contribution in [0.2, 0.25) is 5.02 Å². The van der Waals surface area contributed by atoms with E-state index in [1.165, 1.54) is 0 Å². The van der Waals surface area contributed by atoms with E-state index in [1.807, 2.05) is 6.92 Å². The molecule has 0 spiro atoms. The first kappa shape index (κ1) is 19.1. The Bertz CT molecular complexity index is 733. The maximum Gasteiger partial charge on any atom is 0.417 e. The molecular formula is C17H15ClF3NO3. The third-order valence-corrected chi connectivity index (χ3v) is 3.28. The first-order valence-corrected chi connectivity index (χ1v) is 7.62. The Balaban J connectivity index is 2.05. The van der Waals surface area contributed by atoms with Crippen molar-refractivity contribution >= 4 is 11.6 Å². The molecule has 0 saturated heterocycles. The van der Waals surface area contributed by atoms with Gasteiger partial charge in [0.2, 0.25) is 5.88 Å². The highest BCUT2D eigenvalue weighted by molar-refractivity contribution is 6.31. The minimum Gasteiger partial charge on any atom is -0.487 e. The number of alkyl halides is 3. The van der Waals surface area contributed by atoms with Crippen molar-refractivity contribution in [2.45, 2.75) is 19.2 Å². The number of aliphatic hydroxyl groups excluding tert-OH is 1. The lowest BCUT2D eigenvalue weighted by Crippen LogP contribution is -2.08. The summed E-state index contributed by atoms with van der Waals surface area (Å²) in [5, 5.41) is 8.47. The molecule has 0 saturated carbocycles. The molecule has 0 bridgehead atoms. The number of halogens is 4. The van der Waals surface area contributed by atoms with E-state index in [-0.39, 0.29) is 23.6 Å². The van der Waals surface area contributed by atoms with Gasteiger partial charge in [-0.25, -0.2) is 4.98 Å². The Morgan fingerprint density at radius 1 is 1.24 bits per heavy atom. The van der Waals surface area contributed by atoms with E-state index in [1.54, 1.807) is 36.4 Å². The van der Waals surface area contributed by atoms with Crippen LogP contribution in [-0.4, -0.2) is 22.8 Å². The predicted octanol–water partition coefficient (Wildman–Crippen LogP) is 4.86. The van der Waals surface area contributed by atoms with Crippen molar-refractivity contribution < 1.29 is 27.8 Å². The summed E-state index contributed by atoms with van der Waals surface area (Å²) in [4.78, 5) is 3.61. The molecule has 0 aliphatic rings. The third-order valence-electron chi connectivity index (χ3n) is 3.01. The van der Waals surface area contributed by atoms with Gasteiger partial charge < -0.3 is 14.6 Å². The second-order valence-corrected chi connectivity index (χ2v) is 5.42. The third kappa shape index (κ3) is 5.65. The molecule has 1 N–H and O–H groups in total. The quantitative estimate of drug-likeness (QED) is 0.734. The van der Waals surface area contributed by atoms with Gasteiger partial charge in [0.25, 0.3) is 0 Å². The number of nitrogens with zero attached hydrogens (tertiary/aromatic N) is 1. The summed E-state index contributed by atoms with van der Waals surface area (Å²) in [5.41, 5.74) is -0.946. The van der Waals surface area contributed by atoms with Gasteiger partial charge in [0.05, 0.1) is 12.2 Å². The number of aliphatic hydroxyl groups is 1. The zero-order valence-corrected chi connectivity index (χ0v) is 13.9. The summed E-state index contributed by atoms with van der Waals surface area (Å²) in [5.74, 6) is 0.788. The topological polar surface area (TPSA) is 51.6 Å². The second kappa shape index (κ2) is 8.22. The van der Waals surface area contributed by atoms with Gasteiger partial charge in [0.1, 0.15) is 22.6 Å². The fourth-order valence-corrected chi connectivity index (χ4v) is 2.06. The van der Waals surface area contributed by atoms with Gasteiger partial charge in [0.15, 0.2) is 0 Å². The Labute approximate surface area is 147 Å². The smallest absolute Gasteiger partial charge is 0.417 e. The van der Waals surface area contributed by atoms with Gasteiger partial charge in [0, 0.05) is 6.20 Å².